The number of nitrogens with zero attached hydrogens (tertiary/aromatic N) is 2. The number of halogens is 1. The number of likely N-dealkylation sites (tertiary alicyclic amines) is 1. The molecule has 4 heteroatoms. The van der Waals surface area contributed by atoms with Crippen LogP contribution in [0.5, 0.6) is 0 Å². The SMILES string of the molecule is CN(C)c1ccccc1CN1C[C@@H](N)[C@H](c2ccccc2)C1.Cl. The number of nitrogens with two attached hydrogens (primary N) is 1. The lowest BCUT2D eigenvalue weighted by Crippen LogP contribution is -2.28. The molecule has 0 aromatic heterocycles. The van der Waals surface area contributed by atoms with Crippen LogP contribution in [-0.2, 0) is 6.54 Å². The maximum absolute atomic E-state index is 6.40. The lowest BCUT2D eigenvalue weighted by atomic mass is 9.95. The fourth-order valence-corrected chi connectivity index (χ4v) is 3.42. The Morgan fingerprint density at radius 1 is 1.00 bits per heavy atom. The number of benzene rings is 2. The van der Waals surface area contributed by atoms with E-state index in [1.807, 2.05) is 0 Å². The Morgan fingerprint density at radius 3 is 2.35 bits per heavy atom. The van der Waals surface area contributed by atoms with E-state index in [1.54, 1.807) is 0 Å². The summed E-state index contributed by atoms with van der Waals surface area (Å²) in [6.45, 7) is 2.96. The van der Waals surface area contributed by atoms with Gasteiger partial charge < -0.3 is 10.6 Å². The summed E-state index contributed by atoms with van der Waals surface area (Å²) in [6, 6.07) is 19.5. The fourth-order valence-electron chi connectivity index (χ4n) is 3.42. The van der Waals surface area contributed by atoms with Gasteiger partial charge in [0.2, 0.25) is 0 Å². The highest BCUT2D eigenvalue weighted by Crippen LogP contribution is 2.29. The third-order valence-corrected chi connectivity index (χ3v) is 4.54. The Kier molecular flexibility index (Phi) is 6.05. The first-order chi connectivity index (χ1) is 10.6. The topological polar surface area (TPSA) is 32.5 Å². The van der Waals surface area contributed by atoms with Gasteiger partial charge in [0.05, 0.1) is 0 Å². The lowest BCUT2D eigenvalue weighted by molar-refractivity contribution is 0.324. The summed E-state index contributed by atoms with van der Waals surface area (Å²) in [5.41, 5.74) is 10.4. The number of hydrogen-bond donors (Lipinski definition) is 1. The van der Waals surface area contributed by atoms with Crippen LogP contribution in [0.4, 0.5) is 5.69 Å². The quantitative estimate of drug-likeness (QED) is 0.934. The van der Waals surface area contributed by atoms with Gasteiger partial charge in [-0.3, -0.25) is 4.90 Å². The van der Waals surface area contributed by atoms with Crippen LogP contribution in [-0.4, -0.2) is 38.1 Å². The molecule has 0 aliphatic carbocycles. The van der Waals surface area contributed by atoms with Crippen LogP contribution in [0.1, 0.15) is 17.0 Å². The second-order valence-electron chi connectivity index (χ2n) is 6.40. The van der Waals surface area contributed by atoms with Gasteiger partial charge in [-0.1, -0.05) is 48.5 Å². The van der Waals surface area contributed by atoms with Crippen LogP contribution in [0, 0.1) is 0 Å². The maximum Gasteiger partial charge on any atom is 0.0406 e. The van der Waals surface area contributed by atoms with Gasteiger partial charge in [-0.15, -0.1) is 12.4 Å². The van der Waals surface area contributed by atoms with Crippen molar-refractivity contribution in [1.82, 2.24) is 4.90 Å². The van der Waals surface area contributed by atoms with E-state index in [9.17, 15) is 0 Å². The zero-order valence-electron chi connectivity index (χ0n) is 13.9. The Hall–Kier alpha value is -1.55. The van der Waals surface area contributed by atoms with E-state index in [0.717, 1.165) is 19.6 Å². The molecule has 1 fully saturated rings. The summed E-state index contributed by atoms with van der Waals surface area (Å²) in [6.07, 6.45) is 0. The molecule has 23 heavy (non-hydrogen) atoms. The van der Waals surface area contributed by atoms with Crippen molar-refractivity contribution in [3.63, 3.8) is 0 Å². The Morgan fingerprint density at radius 2 is 1.65 bits per heavy atom. The molecule has 0 spiro atoms. The van der Waals surface area contributed by atoms with Crippen LogP contribution in [0.25, 0.3) is 0 Å². The zero-order valence-corrected chi connectivity index (χ0v) is 14.7. The summed E-state index contributed by atoms with van der Waals surface area (Å²) in [7, 11) is 4.20. The van der Waals surface area contributed by atoms with Crippen LogP contribution >= 0.6 is 12.4 Å². The minimum atomic E-state index is 0. The zero-order chi connectivity index (χ0) is 15.5. The standard InChI is InChI=1S/C19H25N3.ClH/c1-21(2)19-11-7-6-10-16(19)12-22-13-17(18(20)14-22)15-8-4-3-5-9-15;/h3-11,17-18H,12-14,20H2,1-2H3;1H/t17-,18+;/m0./s1. The first-order valence-corrected chi connectivity index (χ1v) is 7.93. The Bertz CT molecular complexity index is 615. The number of anilines is 1. The van der Waals surface area contributed by atoms with Gasteiger partial charge in [-0.25, -0.2) is 0 Å². The van der Waals surface area contributed by atoms with Crippen molar-refractivity contribution in [2.75, 3.05) is 32.1 Å². The smallest absolute Gasteiger partial charge is 0.0406 e. The van der Waals surface area contributed by atoms with E-state index in [1.165, 1.54) is 16.8 Å². The van der Waals surface area contributed by atoms with Crippen molar-refractivity contribution in [2.24, 2.45) is 5.73 Å². The third kappa shape index (κ3) is 4.05. The van der Waals surface area contributed by atoms with Crippen molar-refractivity contribution in [2.45, 2.75) is 18.5 Å². The summed E-state index contributed by atoms with van der Waals surface area (Å²) in [5, 5.41) is 0. The van der Waals surface area contributed by atoms with E-state index >= 15 is 0 Å². The van der Waals surface area contributed by atoms with Crippen molar-refractivity contribution < 1.29 is 0 Å². The monoisotopic (exact) mass is 331 g/mol. The van der Waals surface area contributed by atoms with E-state index < -0.39 is 0 Å². The molecule has 2 aromatic carbocycles. The number of hydrogen-bond acceptors (Lipinski definition) is 3. The highest BCUT2D eigenvalue weighted by molar-refractivity contribution is 5.85. The molecule has 0 amide bonds. The molecule has 2 N–H and O–H groups in total. The summed E-state index contributed by atoms with van der Waals surface area (Å²) < 4.78 is 0. The molecule has 0 bridgehead atoms. The van der Waals surface area contributed by atoms with Crippen molar-refractivity contribution >= 4 is 18.1 Å². The van der Waals surface area contributed by atoms with E-state index in [4.69, 9.17) is 5.73 Å². The van der Waals surface area contributed by atoms with E-state index in [0.29, 0.717) is 5.92 Å². The van der Waals surface area contributed by atoms with Crippen molar-refractivity contribution in [3.8, 4) is 0 Å². The van der Waals surface area contributed by atoms with Gasteiger partial charge in [-0.05, 0) is 17.2 Å². The molecule has 3 nitrogen and oxygen atoms in total. The van der Waals surface area contributed by atoms with Gasteiger partial charge in [0, 0.05) is 51.4 Å². The molecule has 0 unspecified atom stereocenters. The predicted octanol–water partition coefficient (Wildman–Crippen LogP) is 3.10. The van der Waals surface area contributed by atoms with Gasteiger partial charge in [0.1, 0.15) is 0 Å². The van der Waals surface area contributed by atoms with Crippen LogP contribution in [0.15, 0.2) is 54.6 Å². The predicted molar refractivity (Wildman–Crippen MR) is 100 cm³/mol. The first kappa shape index (κ1) is 17.8. The van der Waals surface area contributed by atoms with Crippen molar-refractivity contribution in [3.05, 3.63) is 65.7 Å². The molecule has 0 saturated carbocycles. The van der Waals surface area contributed by atoms with E-state index in [2.05, 4.69) is 78.5 Å². The molecule has 1 aliphatic heterocycles. The number of rotatable bonds is 4. The van der Waals surface area contributed by atoms with Gasteiger partial charge >= 0.3 is 0 Å². The average molecular weight is 332 g/mol. The van der Waals surface area contributed by atoms with Crippen molar-refractivity contribution in [1.29, 1.82) is 0 Å². The van der Waals surface area contributed by atoms with Crippen LogP contribution in [0.2, 0.25) is 0 Å². The molecule has 1 heterocycles. The summed E-state index contributed by atoms with van der Waals surface area (Å²) in [4.78, 5) is 4.66. The molecule has 1 aliphatic rings. The molecule has 2 atom stereocenters. The Balaban J connectivity index is 0.00000192. The van der Waals surface area contributed by atoms with E-state index in [-0.39, 0.29) is 18.4 Å². The molecular weight excluding hydrogens is 306 g/mol. The van der Waals surface area contributed by atoms with Gasteiger partial charge in [-0.2, -0.15) is 0 Å². The highest BCUT2D eigenvalue weighted by atomic mass is 35.5. The summed E-state index contributed by atoms with van der Waals surface area (Å²) in [5.74, 6) is 0.438. The largest absolute Gasteiger partial charge is 0.377 e. The first-order valence-electron chi connectivity index (χ1n) is 7.93. The molecular formula is C19H26ClN3. The maximum atomic E-state index is 6.40. The fraction of sp³-hybridized carbons (Fsp3) is 0.368. The third-order valence-electron chi connectivity index (χ3n) is 4.54. The molecule has 2 aromatic rings. The minimum absolute atomic E-state index is 0. The lowest BCUT2D eigenvalue weighted by Gasteiger charge is -2.21. The molecule has 1 saturated heterocycles. The minimum Gasteiger partial charge on any atom is -0.377 e. The number of para-hydroxylation sites is 1. The van der Waals surface area contributed by atoms with Crippen LogP contribution in [0.3, 0.4) is 0 Å². The summed E-state index contributed by atoms with van der Waals surface area (Å²) >= 11 is 0. The second-order valence-corrected chi connectivity index (χ2v) is 6.40. The second kappa shape index (κ2) is 7.82. The Labute approximate surface area is 145 Å². The highest BCUT2D eigenvalue weighted by Gasteiger charge is 2.31. The molecule has 124 valence electrons. The van der Waals surface area contributed by atoms with Gasteiger partial charge in [0.15, 0.2) is 0 Å². The van der Waals surface area contributed by atoms with Crippen LogP contribution < -0.4 is 10.6 Å². The average Bonchev–Trinajstić information content (AvgIpc) is 2.89. The molecule has 3 rings (SSSR count). The van der Waals surface area contributed by atoms with Gasteiger partial charge in [0.25, 0.3) is 0 Å². The molecule has 0 radical (unpaired) electrons. The normalized spacial score (nSPS) is 21.0.